The maximum atomic E-state index is 11.9. The maximum Gasteiger partial charge on any atom is 0.153 e. The summed E-state index contributed by atoms with van der Waals surface area (Å²) in [4.78, 5) is 0. The summed E-state index contributed by atoms with van der Waals surface area (Å²) in [5.74, 6) is 0. The van der Waals surface area contributed by atoms with E-state index in [2.05, 4.69) is 0 Å². The third kappa shape index (κ3) is 2.10. The van der Waals surface area contributed by atoms with Crippen molar-refractivity contribution in [3.63, 3.8) is 0 Å². The Hall–Kier alpha value is -0.130. The molecule has 106 valence electrons. The fourth-order valence-electron chi connectivity index (χ4n) is 4.17. The third-order valence-corrected chi connectivity index (χ3v) is 6.85. The predicted octanol–water partition coefficient (Wildman–Crippen LogP) is 1.22. The molecule has 0 radical (unpaired) electrons. The highest BCUT2D eigenvalue weighted by atomic mass is 32.2. The first-order valence-electron chi connectivity index (χ1n) is 6.97. The Bertz CT molecular complexity index is 400. The summed E-state index contributed by atoms with van der Waals surface area (Å²) in [7, 11) is -3.21. The Morgan fingerprint density at radius 3 is 2.28 bits per heavy atom. The summed E-state index contributed by atoms with van der Waals surface area (Å²) in [6.45, 7) is 0.398. The minimum Gasteiger partial charge on any atom is -0.388 e. The van der Waals surface area contributed by atoms with Crippen LogP contribution in [0.25, 0.3) is 0 Å². The minimum absolute atomic E-state index is 0.379. The van der Waals surface area contributed by atoms with Gasteiger partial charge in [-0.05, 0) is 32.1 Å². The monoisotopic (exact) mass is 275 g/mol. The number of hydrogen-bond acceptors (Lipinski definition) is 4. The quantitative estimate of drug-likeness (QED) is 0.811. The summed E-state index contributed by atoms with van der Waals surface area (Å²) < 4.78 is 23.9. The van der Waals surface area contributed by atoms with Crippen molar-refractivity contribution in [2.45, 2.75) is 62.2 Å². The van der Waals surface area contributed by atoms with Gasteiger partial charge in [-0.25, -0.2) is 8.42 Å². The van der Waals surface area contributed by atoms with Crippen molar-refractivity contribution in [3.8, 4) is 0 Å². The Morgan fingerprint density at radius 2 is 1.78 bits per heavy atom. The van der Waals surface area contributed by atoms with E-state index < -0.39 is 20.7 Å². The number of rotatable bonds is 3. The molecule has 2 rings (SSSR count). The van der Waals surface area contributed by atoms with Gasteiger partial charge in [0.15, 0.2) is 9.84 Å². The largest absolute Gasteiger partial charge is 0.388 e. The molecule has 0 aromatic carbocycles. The molecule has 0 amide bonds. The second-order valence-corrected chi connectivity index (χ2v) is 8.41. The number of aliphatic hydroxyl groups is 1. The molecule has 2 aliphatic carbocycles. The fourth-order valence-corrected chi connectivity index (χ4v) is 5.84. The van der Waals surface area contributed by atoms with Crippen LogP contribution in [-0.4, -0.2) is 37.2 Å². The van der Waals surface area contributed by atoms with Crippen LogP contribution in [0.15, 0.2) is 0 Å². The molecule has 0 bridgehead atoms. The first-order valence-corrected chi connectivity index (χ1v) is 8.92. The van der Waals surface area contributed by atoms with Crippen LogP contribution in [0, 0.1) is 5.41 Å². The topological polar surface area (TPSA) is 80.4 Å². The van der Waals surface area contributed by atoms with Gasteiger partial charge in [0.1, 0.15) is 0 Å². The molecule has 0 saturated heterocycles. The van der Waals surface area contributed by atoms with E-state index in [1.807, 2.05) is 0 Å². The lowest BCUT2D eigenvalue weighted by molar-refractivity contribution is -0.0913. The van der Waals surface area contributed by atoms with Crippen LogP contribution in [0.2, 0.25) is 0 Å². The zero-order chi connectivity index (χ0) is 13.4. The highest BCUT2D eigenvalue weighted by Gasteiger charge is 2.58. The molecular formula is C13H25NO3S. The zero-order valence-electron chi connectivity index (χ0n) is 11.2. The van der Waals surface area contributed by atoms with E-state index in [0.717, 1.165) is 32.1 Å². The Balaban J connectivity index is 2.38. The molecule has 2 atom stereocenters. The van der Waals surface area contributed by atoms with Crippen LogP contribution in [-0.2, 0) is 9.84 Å². The molecule has 2 unspecified atom stereocenters. The van der Waals surface area contributed by atoms with E-state index in [1.54, 1.807) is 0 Å². The molecule has 0 aromatic rings. The van der Waals surface area contributed by atoms with Crippen molar-refractivity contribution in [2.75, 3.05) is 12.8 Å². The van der Waals surface area contributed by atoms with E-state index in [4.69, 9.17) is 5.73 Å². The number of sulfone groups is 1. The molecule has 3 N–H and O–H groups in total. The lowest BCUT2D eigenvalue weighted by Crippen LogP contribution is -2.59. The highest BCUT2D eigenvalue weighted by Crippen LogP contribution is 2.53. The van der Waals surface area contributed by atoms with Crippen molar-refractivity contribution < 1.29 is 13.5 Å². The molecule has 18 heavy (non-hydrogen) atoms. The molecule has 2 fully saturated rings. The first-order chi connectivity index (χ1) is 8.36. The van der Waals surface area contributed by atoms with Gasteiger partial charge in [-0.2, -0.15) is 0 Å². The van der Waals surface area contributed by atoms with Crippen LogP contribution in [0.4, 0.5) is 0 Å². The van der Waals surface area contributed by atoms with Gasteiger partial charge >= 0.3 is 0 Å². The first kappa shape index (κ1) is 14.3. The van der Waals surface area contributed by atoms with Crippen LogP contribution in [0.3, 0.4) is 0 Å². The molecule has 0 aromatic heterocycles. The van der Waals surface area contributed by atoms with Gasteiger partial charge in [-0.3, -0.25) is 0 Å². The number of nitrogens with two attached hydrogens (primary N) is 1. The second kappa shape index (κ2) is 4.76. The highest BCUT2D eigenvalue weighted by molar-refractivity contribution is 7.91. The van der Waals surface area contributed by atoms with Crippen molar-refractivity contribution in [1.82, 2.24) is 0 Å². The molecule has 0 spiro atoms. The van der Waals surface area contributed by atoms with Crippen molar-refractivity contribution in [2.24, 2.45) is 11.1 Å². The summed E-state index contributed by atoms with van der Waals surface area (Å²) in [5.41, 5.74) is 4.47. The normalized spacial score (nSPS) is 36.7. The van der Waals surface area contributed by atoms with Gasteiger partial charge < -0.3 is 10.8 Å². The van der Waals surface area contributed by atoms with Gasteiger partial charge in [0, 0.05) is 18.2 Å². The van der Waals surface area contributed by atoms with Crippen LogP contribution in [0.1, 0.15) is 51.4 Å². The lowest BCUT2D eigenvalue weighted by Gasteiger charge is -2.49. The molecule has 0 heterocycles. The van der Waals surface area contributed by atoms with E-state index in [-0.39, 0.29) is 5.41 Å². The average molecular weight is 275 g/mol. The van der Waals surface area contributed by atoms with Gasteiger partial charge in [-0.15, -0.1) is 0 Å². The standard InChI is InChI=1S/C13H25NO3S/c1-18(16,17)11-6-5-9-13(11,15)12(10-14)7-3-2-4-8-12/h11,15H,2-10,14H2,1H3. The molecule has 0 aliphatic heterocycles. The summed E-state index contributed by atoms with van der Waals surface area (Å²) >= 11 is 0. The van der Waals surface area contributed by atoms with Gasteiger partial charge in [0.05, 0.1) is 10.9 Å². The molecule has 2 saturated carbocycles. The number of hydrogen-bond donors (Lipinski definition) is 2. The maximum absolute atomic E-state index is 11.9. The predicted molar refractivity (Wildman–Crippen MR) is 72.0 cm³/mol. The Morgan fingerprint density at radius 1 is 1.17 bits per heavy atom. The SMILES string of the molecule is CS(=O)(=O)C1CCCC1(O)C1(CN)CCCCC1. The second-order valence-electron chi connectivity index (χ2n) is 6.18. The van der Waals surface area contributed by atoms with Crippen molar-refractivity contribution >= 4 is 9.84 Å². The van der Waals surface area contributed by atoms with Crippen LogP contribution in [0.5, 0.6) is 0 Å². The van der Waals surface area contributed by atoms with Crippen molar-refractivity contribution in [3.05, 3.63) is 0 Å². The van der Waals surface area contributed by atoms with E-state index in [9.17, 15) is 13.5 Å². The molecule has 2 aliphatic rings. The van der Waals surface area contributed by atoms with Gasteiger partial charge in [-0.1, -0.05) is 19.3 Å². The van der Waals surface area contributed by atoms with E-state index in [1.165, 1.54) is 12.7 Å². The van der Waals surface area contributed by atoms with Crippen LogP contribution >= 0.6 is 0 Å². The summed E-state index contributed by atoms with van der Waals surface area (Å²) in [6.07, 6.45) is 8.21. The van der Waals surface area contributed by atoms with E-state index in [0.29, 0.717) is 19.4 Å². The summed E-state index contributed by atoms with van der Waals surface area (Å²) in [5, 5.41) is 10.5. The molecular weight excluding hydrogens is 250 g/mol. The van der Waals surface area contributed by atoms with Gasteiger partial charge in [0.25, 0.3) is 0 Å². The van der Waals surface area contributed by atoms with Crippen LogP contribution < -0.4 is 5.73 Å². The Kier molecular flexibility index (Phi) is 3.78. The van der Waals surface area contributed by atoms with E-state index >= 15 is 0 Å². The molecule has 4 nitrogen and oxygen atoms in total. The van der Waals surface area contributed by atoms with Gasteiger partial charge in [0.2, 0.25) is 0 Å². The third-order valence-electron chi connectivity index (χ3n) is 5.19. The minimum atomic E-state index is -3.21. The smallest absolute Gasteiger partial charge is 0.153 e. The fraction of sp³-hybridized carbons (Fsp3) is 1.00. The Labute approximate surface area is 110 Å². The van der Waals surface area contributed by atoms with Crippen molar-refractivity contribution in [1.29, 1.82) is 0 Å². The summed E-state index contributed by atoms with van der Waals surface area (Å²) in [6, 6.07) is 0. The lowest BCUT2D eigenvalue weighted by atomic mass is 9.62. The molecule has 5 heteroatoms. The average Bonchev–Trinajstić information content (AvgIpc) is 2.74. The zero-order valence-corrected chi connectivity index (χ0v) is 12.0.